The SMILES string of the molecule is CCCOCC(CC1CCCc2ccccc21)NC. The van der Waals surface area contributed by atoms with Crippen LogP contribution in [0.2, 0.25) is 0 Å². The zero-order valence-corrected chi connectivity index (χ0v) is 12.3. The molecule has 0 amide bonds. The molecule has 1 N–H and O–H groups in total. The van der Waals surface area contributed by atoms with Crippen molar-refractivity contribution in [2.45, 2.75) is 51.0 Å². The molecule has 2 atom stereocenters. The average Bonchev–Trinajstić information content (AvgIpc) is 2.46. The molecule has 1 aliphatic rings. The van der Waals surface area contributed by atoms with E-state index in [1.807, 2.05) is 0 Å². The normalized spacial score (nSPS) is 20.0. The average molecular weight is 261 g/mol. The number of rotatable bonds is 7. The van der Waals surface area contributed by atoms with Gasteiger partial charge in [0.25, 0.3) is 0 Å². The molecule has 0 fully saturated rings. The third-order valence-corrected chi connectivity index (χ3v) is 4.14. The summed E-state index contributed by atoms with van der Waals surface area (Å²) in [6.45, 7) is 3.87. The summed E-state index contributed by atoms with van der Waals surface area (Å²) in [5, 5.41) is 3.41. The van der Waals surface area contributed by atoms with Crippen LogP contribution in [0.25, 0.3) is 0 Å². The third kappa shape index (κ3) is 4.05. The standard InChI is InChI=1S/C17H27NO/c1-3-11-19-13-16(18-2)12-15-9-6-8-14-7-4-5-10-17(14)15/h4-5,7,10,15-16,18H,3,6,8-9,11-13H2,1-2H3. The highest BCUT2D eigenvalue weighted by Crippen LogP contribution is 2.34. The molecule has 2 nitrogen and oxygen atoms in total. The first-order chi connectivity index (χ1) is 9.35. The highest BCUT2D eigenvalue weighted by molar-refractivity contribution is 5.32. The molecule has 0 aromatic heterocycles. The molecule has 0 bridgehead atoms. The van der Waals surface area contributed by atoms with Gasteiger partial charge < -0.3 is 10.1 Å². The van der Waals surface area contributed by atoms with E-state index in [-0.39, 0.29) is 0 Å². The van der Waals surface area contributed by atoms with Gasteiger partial charge in [0.2, 0.25) is 0 Å². The van der Waals surface area contributed by atoms with Crippen molar-refractivity contribution < 1.29 is 4.74 Å². The molecule has 19 heavy (non-hydrogen) atoms. The largest absolute Gasteiger partial charge is 0.380 e. The monoisotopic (exact) mass is 261 g/mol. The van der Waals surface area contributed by atoms with Gasteiger partial charge in [0, 0.05) is 12.6 Å². The molecule has 2 heteroatoms. The van der Waals surface area contributed by atoms with E-state index < -0.39 is 0 Å². The van der Waals surface area contributed by atoms with Gasteiger partial charge in [-0.3, -0.25) is 0 Å². The number of fused-ring (bicyclic) bond motifs is 1. The first-order valence-electron chi connectivity index (χ1n) is 7.68. The molecule has 1 aliphatic carbocycles. The topological polar surface area (TPSA) is 21.3 Å². The molecule has 0 spiro atoms. The molecular formula is C17H27NO. The predicted molar refractivity (Wildman–Crippen MR) is 80.7 cm³/mol. The Kier molecular flexibility index (Phi) is 5.87. The number of ether oxygens (including phenoxy) is 1. The number of aryl methyl sites for hydroxylation is 1. The minimum absolute atomic E-state index is 0.475. The number of hydrogen-bond acceptors (Lipinski definition) is 2. The van der Waals surface area contributed by atoms with Gasteiger partial charge in [-0.2, -0.15) is 0 Å². The van der Waals surface area contributed by atoms with Gasteiger partial charge in [0.05, 0.1) is 6.61 Å². The molecule has 2 unspecified atom stereocenters. The fourth-order valence-electron chi connectivity index (χ4n) is 3.08. The van der Waals surface area contributed by atoms with E-state index in [0.29, 0.717) is 12.0 Å². The Balaban J connectivity index is 1.94. The minimum atomic E-state index is 0.475. The summed E-state index contributed by atoms with van der Waals surface area (Å²) < 4.78 is 5.70. The van der Waals surface area contributed by atoms with Crippen molar-refractivity contribution in [1.29, 1.82) is 0 Å². The van der Waals surface area contributed by atoms with Crippen LogP contribution in [-0.4, -0.2) is 26.3 Å². The van der Waals surface area contributed by atoms with Crippen molar-refractivity contribution in [2.75, 3.05) is 20.3 Å². The number of benzene rings is 1. The van der Waals surface area contributed by atoms with Crippen LogP contribution in [0.15, 0.2) is 24.3 Å². The zero-order chi connectivity index (χ0) is 13.5. The van der Waals surface area contributed by atoms with Gasteiger partial charge in [-0.05, 0) is 56.2 Å². The maximum atomic E-state index is 5.70. The summed E-state index contributed by atoms with van der Waals surface area (Å²) in [4.78, 5) is 0. The molecule has 0 radical (unpaired) electrons. The van der Waals surface area contributed by atoms with E-state index in [4.69, 9.17) is 4.74 Å². The van der Waals surface area contributed by atoms with Crippen LogP contribution in [-0.2, 0) is 11.2 Å². The lowest BCUT2D eigenvalue weighted by atomic mass is 9.79. The number of likely N-dealkylation sites (N-methyl/N-ethyl adjacent to an activating group) is 1. The summed E-state index contributed by atoms with van der Waals surface area (Å²) >= 11 is 0. The van der Waals surface area contributed by atoms with Gasteiger partial charge in [-0.1, -0.05) is 31.2 Å². The third-order valence-electron chi connectivity index (χ3n) is 4.14. The molecule has 1 aromatic rings. The Labute approximate surface area is 117 Å². The predicted octanol–water partition coefficient (Wildman–Crippen LogP) is 3.51. The number of hydrogen-bond donors (Lipinski definition) is 1. The van der Waals surface area contributed by atoms with Gasteiger partial charge in [0.15, 0.2) is 0 Å². The van der Waals surface area contributed by atoms with Crippen molar-refractivity contribution in [3.05, 3.63) is 35.4 Å². The molecule has 0 saturated heterocycles. The lowest BCUT2D eigenvalue weighted by molar-refractivity contribution is 0.108. The highest BCUT2D eigenvalue weighted by atomic mass is 16.5. The van der Waals surface area contributed by atoms with E-state index in [9.17, 15) is 0 Å². The Bertz CT molecular complexity index is 377. The van der Waals surface area contributed by atoms with E-state index in [1.54, 1.807) is 11.1 Å². The summed E-state index contributed by atoms with van der Waals surface area (Å²) in [5.74, 6) is 0.702. The lowest BCUT2D eigenvalue weighted by Crippen LogP contribution is -2.33. The first kappa shape index (κ1) is 14.5. The molecule has 106 valence electrons. The van der Waals surface area contributed by atoms with Crippen molar-refractivity contribution in [2.24, 2.45) is 0 Å². The van der Waals surface area contributed by atoms with Crippen LogP contribution in [0.1, 0.15) is 49.7 Å². The van der Waals surface area contributed by atoms with Gasteiger partial charge >= 0.3 is 0 Å². The highest BCUT2D eigenvalue weighted by Gasteiger charge is 2.22. The molecule has 1 aromatic carbocycles. The summed E-state index contributed by atoms with van der Waals surface area (Å²) in [5.41, 5.74) is 3.13. The lowest BCUT2D eigenvalue weighted by Gasteiger charge is -2.29. The molecule has 0 saturated carbocycles. The molecule has 2 rings (SSSR count). The maximum Gasteiger partial charge on any atom is 0.0619 e. The minimum Gasteiger partial charge on any atom is -0.380 e. The second-order valence-corrected chi connectivity index (χ2v) is 5.58. The summed E-state index contributed by atoms with van der Waals surface area (Å²) in [7, 11) is 2.05. The van der Waals surface area contributed by atoms with E-state index >= 15 is 0 Å². The van der Waals surface area contributed by atoms with Crippen LogP contribution in [0.3, 0.4) is 0 Å². The van der Waals surface area contributed by atoms with Gasteiger partial charge in [-0.25, -0.2) is 0 Å². The maximum absolute atomic E-state index is 5.70. The van der Waals surface area contributed by atoms with E-state index in [0.717, 1.165) is 19.6 Å². The van der Waals surface area contributed by atoms with Crippen molar-refractivity contribution in [3.63, 3.8) is 0 Å². The van der Waals surface area contributed by atoms with Crippen LogP contribution in [0.5, 0.6) is 0 Å². The Hall–Kier alpha value is -0.860. The fraction of sp³-hybridized carbons (Fsp3) is 0.647. The quantitative estimate of drug-likeness (QED) is 0.758. The fourth-order valence-corrected chi connectivity index (χ4v) is 3.08. The van der Waals surface area contributed by atoms with Crippen LogP contribution >= 0.6 is 0 Å². The second kappa shape index (κ2) is 7.66. The summed E-state index contributed by atoms with van der Waals surface area (Å²) in [6.07, 6.45) is 6.19. The molecular weight excluding hydrogens is 234 g/mol. The van der Waals surface area contributed by atoms with Crippen LogP contribution in [0.4, 0.5) is 0 Å². The Morgan fingerprint density at radius 1 is 1.37 bits per heavy atom. The van der Waals surface area contributed by atoms with Crippen molar-refractivity contribution in [3.8, 4) is 0 Å². The van der Waals surface area contributed by atoms with Crippen molar-refractivity contribution >= 4 is 0 Å². The summed E-state index contributed by atoms with van der Waals surface area (Å²) in [6, 6.07) is 9.44. The first-order valence-corrected chi connectivity index (χ1v) is 7.68. The van der Waals surface area contributed by atoms with Gasteiger partial charge in [0.1, 0.15) is 0 Å². The number of nitrogens with one attached hydrogen (secondary N) is 1. The van der Waals surface area contributed by atoms with Crippen LogP contribution in [0, 0.1) is 0 Å². The Morgan fingerprint density at radius 3 is 3.00 bits per heavy atom. The van der Waals surface area contributed by atoms with Gasteiger partial charge in [-0.15, -0.1) is 0 Å². The molecule has 0 aliphatic heterocycles. The second-order valence-electron chi connectivity index (χ2n) is 5.58. The van der Waals surface area contributed by atoms with Crippen LogP contribution < -0.4 is 5.32 Å². The van der Waals surface area contributed by atoms with E-state index in [1.165, 1.54) is 25.7 Å². The Morgan fingerprint density at radius 2 is 2.21 bits per heavy atom. The molecule has 0 heterocycles. The zero-order valence-electron chi connectivity index (χ0n) is 12.3. The smallest absolute Gasteiger partial charge is 0.0619 e. The van der Waals surface area contributed by atoms with Crippen molar-refractivity contribution in [1.82, 2.24) is 5.32 Å². The van der Waals surface area contributed by atoms with E-state index in [2.05, 4.69) is 43.6 Å².